The maximum atomic E-state index is 11.7. The Morgan fingerprint density at radius 1 is 1.14 bits per heavy atom. The molecule has 0 aliphatic carbocycles. The number of fused-ring (bicyclic) bond motifs is 1. The van der Waals surface area contributed by atoms with Crippen molar-refractivity contribution in [2.75, 3.05) is 20.3 Å². The highest BCUT2D eigenvalue weighted by Gasteiger charge is 2.10. The molecule has 1 aromatic carbocycles. The van der Waals surface area contributed by atoms with Crippen molar-refractivity contribution in [1.29, 1.82) is 0 Å². The first-order valence-corrected chi connectivity index (χ1v) is 11.0. The van der Waals surface area contributed by atoms with E-state index in [0.717, 1.165) is 33.7 Å². The summed E-state index contributed by atoms with van der Waals surface area (Å²) in [6, 6.07) is 7.46. The van der Waals surface area contributed by atoms with Crippen molar-refractivity contribution < 1.29 is 15.7 Å². The Balaban J connectivity index is -0.000000955. The number of carbonyl (C=O) groups excluding carboxylic acids is 1. The topological polar surface area (TPSA) is 63.4 Å². The fraction of sp³-hybridized carbons (Fsp3) is 0.522. The third kappa shape index (κ3) is 10.3. The molecule has 0 fully saturated rings. The van der Waals surface area contributed by atoms with Crippen molar-refractivity contribution in [2.45, 2.75) is 61.8 Å². The fourth-order valence-corrected chi connectivity index (χ4v) is 2.50. The predicted octanol–water partition coefficient (Wildman–Crippen LogP) is 6.82. The molecule has 1 aromatic heterocycles. The molecule has 0 spiro atoms. The number of thiol groups is 1. The second-order valence-corrected chi connectivity index (χ2v) is 5.74. The van der Waals surface area contributed by atoms with E-state index in [2.05, 4.69) is 22.9 Å². The van der Waals surface area contributed by atoms with Gasteiger partial charge in [-0.05, 0) is 43.0 Å². The van der Waals surface area contributed by atoms with Crippen molar-refractivity contribution >= 4 is 29.5 Å². The second kappa shape index (κ2) is 18.0. The molecule has 0 amide bonds. The zero-order chi connectivity index (χ0) is 22.8. The molecule has 0 unspecified atom stereocenters. The molecule has 6 heteroatoms. The number of benzene rings is 1. The summed E-state index contributed by atoms with van der Waals surface area (Å²) in [6.07, 6.45) is 0.755. The van der Waals surface area contributed by atoms with E-state index in [1.807, 2.05) is 73.7 Å². The summed E-state index contributed by atoms with van der Waals surface area (Å²) in [5.41, 5.74) is 2.38. The van der Waals surface area contributed by atoms with Crippen LogP contribution in [0.15, 0.2) is 34.9 Å². The van der Waals surface area contributed by atoms with E-state index in [1.165, 1.54) is 0 Å². The number of allylic oxidation sites excluding steroid dienone is 1. The van der Waals surface area contributed by atoms with Gasteiger partial charge in [0.25, 0.3) is 0 Å². The molecular weight excluding hydrogens is 384 g/mol. The molecule has 1 heterocycles. The van der Waals surface area contributed by atoms with Gasteiger partial charge in [-0.2, -0.15) is 0 Å². The average molecular weight is 427 g/mol. The first kappa shape index (κ1) is 29.1. The standard InChI is InChI=1S/C17H22N2O3S.3C2H6.H2/c1-4-21-17(20)16-10-12-9-13(5-6-15(12)19-16)22-8-7-14(18-3)11(2)23;3*1-2;/h5-6,9-10,18-19,23H,4,7-8H2,1-3H3;3*1-2H3;1H/b14-11-;;;;. The monoisotopic (exact) mass is 426 g/mol. The Hall–Kier alpha value is -2.08. The quantitative estimate of drug-likeness (QED) is 0.336. The molecule has 0 radical (unpaired) electrons. The summed E-state index contributed by atoms with van der Waals surface area (Å²) >= 11 is 4.33. The summed E-state index contributed by atoms with van der Waals surface area (Å²) in [4.78, 5) is 15.7. The minimum absolute atomic E-state index is 0. The molecular formula is C23H42N2O3S. The molecule has 0 saturated carbocycles. The van der Waals surface area contributed by atoms with Gasteiger partial charge in [0.1, 0.15) is 11.4 Å². The van der Waals surface area contributed by atoms with Crippen LogP contribution in [0.25, 0.3) is 10.9 Å². The lowest BCUT2D eigenvalue weighted by atomic mass is 10.2. The Morgan fingerprint density at radius 2 is 1.76 bits per heavy atom. The highest BCUT2D eigenvalue weighted by Crippen LogP contribution is 2.22. The summed E-state index contributed by atoms with van der Waals surface area (Å²) < 4.78 is 10.8. The van der Waals surface area contributed by atoms with Gasteiger partial charge >= 0.3 is 5.97 Å². The summed E-state index contributed by atoms with van der Waals surface area (Å²) in [5.74, 6) is 0.415. The summed E-state index contributed by atoms with van der Waals surface area (Å²) in [6.45, 7) is 16.6. The van der Waals surface area contributed by atoms with Crippen LogP contribution in [-0.2, 0) is 4.74 Å². The lowest BCUT2D eigenvalue weighted by Crippen LogP contribution is -2.11. The van der Waals surface area contributed by atoms with Crippen LogP contribution in [0.2, 0.25) is 0 Å². The van der Waals surface area contributed by atoms with Crippen LogP contribution in [0.4, 0.5) is 0 Å². The highest BCUT2D eigenvalue weighted by atomic mass is 32.1. The zero-order valence-corrected chi connectivity index (χ0v) is 20.5. The molecule has 0 atom stereocenters. The Kier molecular flexibility index (Phi) is 18.1. The maximum absolute atomic E-state index is 11.7. The predicted molar refractivity (Wildman–Crippen MR) is 131 cm³/mol. The van der Waals surface area contributed by atoms with Gasteiger partial charge < -0.3 is 19.8 Å². The van der Waals surface area contributed by atoms with Crippen LogP contribution in [0.3, 0.4) is 0 Å². The first-order valence-electron chi connectivity index (χ1n) is 10.5. The van der Waals surface area contributed by atoms with Crippen LogP contribution in [0.5, 0.6) is 5.75 Å². The molecule has 0 bridgehead atoms. The SMILES string of the molecule is CC.CC.CC.CCOC(=O)c1cc2cc(OCC/C(NC)=C(\C)S)ccc2[nH]1.[HH]. The third-order valence-electron chi connectivity index (χ3n) is 3.45. The van der Waals surface area contributed by atoms with Crippen LogP contribution in [0.1, 0.15) is 73.7 Å². The summed E-state index contributed by atoms with van der Waals surface area (Å²) in [7, 11) is 1.87. The largest absolute Gasteiger partial charge is 0.493 e. The van der Waals surface area contributed by atoms with E-state index in [-0.39, 0.29) is 7.40 Å². The minimum Gasteiger partial charge on any atom is -0.493 e. The minimum atomic E-state index is -0.348. The third-order valence-corrected chi connectivity index (χ3v) is 3.72. The van der Waals surface area contributed by atoms with Gasteiger partial charge in [0, 0.05) is 31.5 Å². The van der Waals surface area contributed by atoms with Gasteiger partial charge in [0.05, 0.1) is 13.2 Å². The second-order valence-electron chi connectivity index (χ2n) is 5.06. The number of hydrogen-bond donors (Lipinski definition) is 3. The van der Waals surface area contributed by atoms with Crippen molar-refractivity contribution in [1.82, 2.24) is 10.3 Å². The maximum Gasteiger partial charge on any atom is 0.354 e. The molecule has 168 valence electrons. The van der Waals surface area contributed by atoms with Crippen molar-refractivity contribution in [3.63, 3.8) is 0 Å². The van der Waals surface area contributed by atoms with Crippen LogP contribution in [-0.4, -0.2) is 31.2 Å². The molecule has 2 N–H and O–H groups in total. The van der Waals surface area contributed by atoms with E-state index < -0.39 is 0 Å². The molecule has 2 rings (SSSR count). The van der Waals surface area contributed by atoms with Gasteiger partial charge in [-0.1, -0.05) is 41.5 Å². The van der Waals surface area contributed by atoms with E-state index in [4.69, 9.17) is 9.47 Å². The van der Waals surface area contributed by atoms with E-state index >= 15 is 0 Å². The van der Waals surface area contributed by atoms with Crippen molar-refractivity contribution in [3.8, 4) is 5.75 Å². The van der Waals surface area contributed by atoms with Crippen LogP contribution in [0, 0.1) is 0 Å². The average Bonchev–Trinajstić information content (AvgIpc) is 3.19. The number of esters is 1. The van der Waals surface area contributed by atoms with Crippen molar-refractivity contribution in [2.24, 2.45) is 0 Å². The van der Waals surface area contributed by atoms with Gasteiger partial charge in [0.15, 0.2) is 0 Å². The number of carbonyl (C=O) groups is 1. The van der Waals surface area contributed by atoms with E-state index in [0.29, 0.717) is 18.9 Å². The summed E-state index contributed by atoms with van der Waals surface area (Å²) in [5, 5.41) is 4.03. The number of ether oxygens (including phenoxy) is 2. The van der Waals surface area contributed by atoms with Crippen molar-refractivity contribution in [3.05, 3.63) is 40.6 Å². The fourth-order valence-electron chi connectivity index (χ4n) is 2.28. The number of aromatic amines is 1. The molecule has 0 aliphatic heterocycles. The van der Waals surface area contributed by atoms with E-state index in [1.54, 1.807) is 13.0 Å². The highest BCUT2D eigenvalue weighted by molar-refractivity contribution is 7.84. The van der Waals surface area contributed by atoms with Crippen LogP contribution >= 0.6 is 12.6 Å². The molecule has 29 heavy (non-hydrogen) atoms. The van der Waals surface area contributed by atoms with Crippen LogP contribution < -0.4 is 10.1 Å². The zero-order valence-electron chi connectivity index (χ0n) is 19.6. The van der Waals surface area contributed by atoms with Gasteiger partial charge in [-0.25, -0.2) is 4.79 Å². The Labute approximate surface area is 184 Å². The lowest BCUT2D eigenvalue weighted by molar-refractivity contribution is 0.0520. The number of nitrogens with one attached hydrogen (secondary N) is 2. The molecule has 5 nitrogen and oxygen atoms in total. The number of H-pyrrole nitrogens is 1. The molecule has 0 aliphatic rings. The lowest BCUT2D eigenvalue weighted by Gasteiger charge is -2.10. The smallest absolute Gasteiger partial charge is 0.354 e. The Bertz CT molecular complexity index is 726. The first-order chi connectivity index (χ1) is 14.0. The number of aromatic nitrogens is 1. The van der Waals surface area contributed by atoms with Gasteiger partial charge in [-0.3, -0.25) is 0 Å². The Morgan fingerprint density at radius 3 is 2.28 bits per heavy atom. The van der Waals surface area contributed by atoms with Gasteiger partial charge in [-0.15, -0.1) is 12.6 Å². The molecule has 0 saturated heterocycles. The van der Waals surface area contributed by atoms with Gasteiger partial charge in [0.2, 0.25) is 0 Å². The normalized spacial score (nSPS) is 10.1. The van der Waals surface area contributed by atoms with E-state index in [9.17, 15) is 4.79 Å². The number of hydrogen-bond acceptors (Lipinski definition) is 5. The number of rotatable bonds is 7. The molecule has 2 aromatic rings.